The fourth-order valence-electron chi connectivity index (χ4n) is 4.96. The summed E-state index contributed by atoms with van der Waals surface area (Å²) in [6, 6.07) is 12.3. The maximum Gasteiger partial charge on any atom is 0.303 e. The molecule has 0 aliphatic carbocycles. The summed E-state index contributed by atoms with van der Waals surface area (Å²) in [6.07, 6.45) is 3.31. The molecule has 2 N–H and O–H groups in total. The van der Waals surface area contributed by atoms with Gasteiger partial charge in [-0.1, -0.05) is 39.0 Å². The molecule has 3 heterocycles. The van der Waals surface area contributed by atoms with Gasteiger partial charge < -0.3 is 19.9 Å². The van der Waals surface area contributed by atoms with E-state index in [-0.39, 0.29) is 23.9 Å². The molecule has 4 rings (SSSR count). The summed E-state index contributed by atoms with van der Waals surface area (Å²) in [6.45, 7) is 11.9. The maximum absolute atomic E-state index is 11.9. The Kier molecular flexibility index (Phi) is 8.83. The normalized spacial score (nSPS) is 14.0. The van der Waals surface area contributed by atoms with E-state index >= 15 is 0 Å². The Labute approximate surface area is 231 Å². The average Bonchev–Trinajstić information content (AvgIpc) is 3.21. The summed E-state index contributed by atoms with van der Waals surface area (Å²) in [4.78, 5) is 16.7. The molecule has 1 aromatic carbocycles. The molecule has 0 saturated carbocycles. The molecule has 0 saturated heterocycles. The van der Waals surface area contributed by atoms with Crippen LogP contribution in [0.4, 0.5) is 5.82 Å². The average molecular weight is 535 g/mol. The molecule has 1 aliphatic heterocycles. The third-order valence-electron chi connectivity index (χ3n) is 7.00. The Bertz CT molecular complexity index is 1290. The first-order valence-corrected chi connectivity index (χ1v) is 13.9. The van der Waals surface area contributed by atoms with E-state index in [9.17, 15) is 9.90 Å². The van der Waals surface area contributed by atoms with E-state index in [4.69, 9.17) is 14.5 Å². The van der Waals surface area contributed by atoms with Crippen molar-refractivity contribution >= 4 is 11.8 Å². The second-order valence-electron chi connectivity index (χ2n) is 11.7. The number of ether oxygens (including phenoxy) is 2. The van der Waals surface area contributed by atoms with Crippen molar-refractivity contribution < 1.29 is 19.4 Å². The van der Waals surface area contributed by atoms with Crippen molar-refractivity contribution in [2.24, 2.45) is 7.05 Å². The fraction of sp³-hybridized carbons (Fsp3) is 0.516. The standard InChI is InChI=1S/C31H42N4O4/c1-20(2)39-27-12-10-23(31(3,4)5)18-26(27)22(17-29(36)37)16-25-19-28(35(6)34-25)38-15-13-24-11-9-21-8-7-14-32-30(21)33-24/h9-12,18-20,22H,7-8,13-17H2,1-6H3,(H,32,33)(H,36,37). The van der Waals surface area contributed by atoms with Crippen LogP contribution in [0, 0.1) is 0 Å². The second kappa shape index (κ2) is 12.1. The van der Waals surface area contributed by atoms with Gasteiger partial charge in [-0.05, 0) is 67.3 Å². The topological polar surface area (TPSA) is 98.5 Å². The van der Waals surface area contributed by atoms with Crippen molar-refractivity contribution in [2.45, 2.75) is 84.2 Å². The molecule has 2 aromatic heterocycles. The molecule has 3 aromatic rings. The Balaban J connectivity index is 1.50. The highest BCUT2D eigenvalue weighted by Crippen LogP contribution is 2.36. The second-order valence-corrected chi connectivity index (χ2v) is 11.7. The van der Waals surface area contributed by atoms with E-state index < -0.39 is 5.97 Å². The predicted molar refractivity (Wildman–Crippen MR) is 153 cm³/mol. The summed E-state index contributed by atoms with van der Waals surface area (Å²) < 4.78 is 13.9. The van der Waals surface area contributed by atoms with Crippen LogP contribution in [0.5, 0.6) is 11.6 Å². The molecule has 8 nitrogen and oxygen atoms in total. The molecule has 1 aliphatic rings. The maximum atomic E-state index is 11.9. The van der Waals surface area contributed by atoms with Crippen LogP contribution < -0.4 is 14.8 Å². The zero-order valence-electron chi connectivity index (χ0n) is 24.1. The van der Waals surface area contributed by atoms with Gasteiger partial charge >= 0.3 is 5.97 Å². The number of fused-ring (bicyclic) bond motifs is 1. The largest absolute Gasteiger partial charge is 0.491 e. The Morgan fingerprint density at radius 3 is 2.67 bits per heavy atom. The zero-order chi connectivity index (χ0) is 28.2. The minimum absolute atomic E-state index is 0.0210. The van der Waals surface area contributed by atoms with Gasteiger partial charge in [0.1, 0.15) is 11.6 Å². The van der Waals surface area contributed by atoms with Crippen LogP contribution >= 0.6 is 0 Å². The van der Waals surface area contributed by atoms with Crippen LogP contribution in [0.1, 0.15) is 81.5 Å². The van der Waals surface area contributed by atoms with E-state index in [1.165, 1.54) is 5.56 Å². The Morgan fingerprint density at radius 1 is 1.15 bits per heavy atom. The third kappa shape index (κ3) is 7.52. The van der Waals surface area contributed by atoms with Gasteiger partial charge in [-0.2, -0.15) is 5.10 Å². The van der Waals surface area contributed by atoms with Crippen LogP contribution in [0.15, 0.2) is 36.4 Å². The minimum atomic E-state index is -0.851. The van der Waals surface area contributed by atoms with Crippen molar-refractivity contribution in [3.8, 4) is 11.6 Å². The summed E-state index contributed by atoms with van der Waals surface area (Å²) in [5.41, 5.74) is 5.01. The van der Waals surface area contributed by atoms with Crippen molar-refractivity contribution in [2.75, 3.05) is 18.5 Å². The third-order valence-corrected chi connectivity index (χ3v) is 7.00. The monoisotopic (exact) mass is 534 g/mol. The van der Waals surface area contributed by atoms with Crippen molar-refractivity contribution in [3.05, 3.63) is 64.5 Å². The summed E-state index contributed by atoms with van der Waals surface area (Å²) in [5.74, 6) is 1.22. The fourth-order valence-corrected chi connectivity index (χ4v) is 4.96. The number of anilines is 1. The summed E-state index contributed by atoms with van der Waals surface area (Å²) in [5, 5.41) is 17.8. The number of carboxylic acids is 1. The van der Waals surface area contributed by atoms with Crippen molar-refractivity contribution in [3.63, 3.8) is 0 Å². The molecule has 0 fully saturated rings. The van der Waals surface area contributed by atoms with Crippen LogP contribution in [-0.4, -0.2) is 45.1 Å². The van der Waals surface area contributed by atoms with Crippen LogP contribution in [-0.2, 0) is 36.5 Å². The molecule has 39 heavy (non-hydrogen) atoms. The highest BCUT2D eigenvalue weighted by Gasteiger charge is 2.25. The highest BCUT2D eigenvalue weighted by molar-refractivity contribution is 5.68. The molecule has 1 atom stereocenters. The van der Waals surface area contributed by atoms with Crippen LogP contribution in [0.2, 0.25) is 0 Å². The number of nitrogens with one attached hydrogen (secondary N) is 1. The van der Waals surface area contributed by atoms with Gasteiger partial charge in [-0.3, -0.25) is 4.79 Å². The number of nitrogens with zero attached hydrogens (tertiary/aromatic N) is 3. The number of benzene rings is 1. The number of aliphatic carboxylic acids is 1. The molecular formula is C31H42N4O4. The lowest BCUT2D eigenvalue weighted by atomic mass is 9.82. The number of carboxylic acid groups (broad SMARTS) is 1. The number of rotatable bonds is 11. The first-order chi connectivity index (χ1) is 18.5. The number of hydrogen-bond donors (Lipinski definition) is 2. The van der Waals surface area contributed by atoms with Gasteiger partial charge in [0, 0.05) is 37.7 Å². The van der Waals surface area contributed by atoms with Gasteiger partial charge in [0.15, 0.2) is 0 Å². The molecule has 8 heteroatoms. The number of hydrogen-bond acceptors (Lipinski definition) is 6. The Morgan fingerprint density at radius 2 is 1.95 bits per heavy atom. The van der Waals surface area contributed by atoms with Crippen LogP contribution in [0.25, 0.3) is 0 Å². The van der Waals surface area contributed by atoms with Gasteiger partial charge in [0.25, 0.3) is 0 Å². The lowest BCUT2D eigenvalue weighted by Crippen LogP contribution is -2.17. The highest BCUT2D eigenvalue weighted by atomic mass is 16.5. The van der Waals surface area contributed by atoms with Gasteiger partial charge in [0.05, 0.1) is 24.8 Å². The molecule has 210 valence electrons. The zero-order valence-corrected chi connectivity index (χ0v) is 24.1. The summed E-state index contributed by atoms with van der Waals surface area (Å²) >= 11 is 0. The number of aromatic nitrogens is 3. The van der Waals surface area contributed by atoms with Crippen molar-refractivity contribution in [1.29, 1.82) is 0 Å². The number of carbonyl (C=O) groups is 1. The molecule has 0 spiro atoms. The Hall–Kier alpha value is -3.55. The molecular weight excluding hydrogens is 492 g/mol. The van der Waals surface area contributed by atoms with Gasteiger partial charge in [-0.15, -0.1) is 0 Å². The summed E-state index contributed by atoms with van der Waals surface area (Å²) in [7, 11) is 1.85. The number of aryl methyl sites for hydroxylation is 2. The quantitative estimate of drug-likeness (QED) is 0.327. The lowest BCUT2D eigenvalue weighted by molar-refractivity contribution is -0.137. The van der Waals surface area contributed by atoms with E-state index in [1.54, 1.807) is 4.68 Å². The minimum Gasteiger partial charge on any atom is -0.491 e. The first-order valence-electron chi connectivity index (χ1n) is 13.9. The predicted octanol–water partition coefficient (Wildman–Crippen LogP) is 5.68. The van der Waals surface area contributed by atoms with E-state index in [1.807, 2.05) is 33.0 Å². The van der Waals surface area contributed by atoms with Crippen molar-refractivity contribution in [1.82, 2.24) is 14.8 Å². The molecule has 0 bridgehead atoms. The van der Waals surface area contributed by atoms with Gasteiger partial charge in [0.2, 0.25) is 5.88 Å². The first kappa shape index (κ1) is 28.5. The van der Waals surface area contributed by atoms with Crippen LogP contribution in [0.3, 0.4) is 0 Å². The lowest BCUT2D eigenvalue weighted by Gasteiger charge is -2.25. The van der Waals surface area contributed by atoms with E-state index in [0.717, 1.165) is 53.5 Å². The smallest absolute Gasteiger partial charge is 0.303 e. The van der Waals surface area contributed by atoms with E-state index in [0.29, 0.717) is 25.3 Å². The van der Waals surface area contributed by atoms with E-state index in [2.05, 4.69) is 55.5 Å². The van der Waals surface area contributed by atoms with Gasteiger partial charge in [-0.25, -0.2) is 9.67 Å². The number of pyridine rings is 1. The molecule has 1 unspecified atom stereocenters. The SMILES string of the molecule is CC(C)Oc1ccc(C(C)(C)C)cc1C(CC(=O)O)Cc1cc(OCCc2ccc3c(n2)NCCC3)n(C)n1. The molecule has 0 radical (unpaired) electrons. The molecule has 0 amide bonds.